The maximum Gasteiger partial charge on any atom is 0.227 e. The Morgan fingerprint density at radius 1 is 1.03 bits per heavy atom. The number of amides is 1. The average molecular weight is 393 g/mol. The van der Waals surface area contributed by atoms with E-state index in [-0.39, 0.29) is 12.1 Å². The van der Waals surface area contributed by atoms with E-state index >= 15 is 0 Å². The summed E-state index contributed by atoms with van der Waals surface area (Å²) in [5.74, 6) is 0.875. The molecule has 156 valence electrons. The number of benzene rings is 2. The van der Waals surface area contributed by atoms with Crippen molar-refractivity contribution in [2.45, 2.75) is 65.1 Å². The van der Waals surface area contributed by atoms with Crippen LogP contribution in [0.1, 0.15) is 62.8 Å². The van der Waals surface area contributed by atoms with E-state index in [1.165, 1.54) is 23.1 Å². The molecule has 1 fully saturated rings. The molecule has 0 radical (unpaired) electrons. The SMILES string of the molecule is CC(C)CCc1ccccc1CC(=O)N(C)[C@@H](C)N1CCC[C@H]1c1ccccc1. The molecular weight excluding hydrogens is 356 g/mol. The zero-order chi connectivity index (χ0) is 20.8. The summed E-state index contributed by atoms with van der Waals surface area (Å²) in [6, 6.07) is 19.6. The van der Waals surface area contributed by atoms with Crippen LogP contribution in [0.3, 0.4) is 0 Å². The molecule has 3 rings (SSSR count). The van der Waals surface area contributed by atoms with Gasteiger partial charge in [-0.05, 0) is 55.2 Å². The van der Waals surface area contributed by atoms with Gasteiger partial charge in [-0.2, -0.15) is 0 Å². The predicted molar refractivity (Wildman–Crippen MR) is 121 cm³/mol. The number of carbonyl (C=O) groups excluding carboxylic acids is 1. The summed E-state index contributed by atoms with van der Waals surface area (Å²) in [4.78, 5) is 17.6. The molecule has 3 nitrogen and oxygen atoms in total. The second-order valence-corrected chi connectivity index (χ2v) is 8.82. The molecule has 2 aromatic rings. The van der Waals surface area contributed by atoms with Crippen molar-refractivity contribution in [3.05, 3.63) is 71.3 Å². The van der Waals surface area contributed by atoms with E-state index in [1.807, 2.05) is 11.9 Å². The van der Waals surface area contributed by atoms with Gasteiger partial charge in [0.2, 0.25) is 5.91 Å². The second-order valence-electron chi connectivity index (χ2n) is 8.82. The first-order valence-electron chi connectivity index (χ1n) is 11.1. The summed E-state index contributed by atoms with van der Waals surface area (Å²) in [5.41, 5.74) is 3.86. The molecule has 1 aliphatic rings. The Labute approximate surface area is 176 Å². The molecule has 1 saturated heterocycles. The molecule has 3 heteroatoms. The quantitative estimate of drug-likeness (QED) is 0.595. The van der Waals surface area contributed by atoms with Gasteiger partial charge in [0.15, 0.2) is 0 Å². The lowest BCUT2D eigenvalue weighted by atomic mass is 9.96. The molecule has 0 bridgehead atoms. The van der Waals surface area contributed by atoms with Crippen molar-refractivity contribution in [1.29, 1.82) is 0 Å². The minimum atomic E-state index is 0.0954. The molecule has 0 saturated carbocycles. The van der Waals surface area contributed by atoms with Crippen molar-refractivity contribution < 1.29 is 4.79 Å². The Hall–Kier alpha value is -2.13. The van der Waals surface area contributed by atoms with Crippen LogP contribution in [0.15, 0.2) is 54.6 Å². The molecule has 29 heavy (non-hydrogen) atoms. The highest BCUT2D eigenvalue weighted by Crippen LogP contribution is 2.34. The minimum absolute atomic E-state index is 0.0954. The van der Waals surface area contributed by atoms with Gasteiger partial charge in [0, 0.05) is 19.6 Å². The number of aryl methyl sites for hydroxylation is 1. The van der Waals surface area contributed by atoms with Crippen LogP contribution in [-0.4, -0.2) is 35.5 Å². The Kier molecular flexibility index (Phi) is 7.49. The Bertz CT molecular complexity index is 786. The fourth-order valence-corrected chi connectivity index (χ4v) is 4.41. The minimum Gasteiger partial charge on any atom is -0.330 e. The molecule has 0 spiro atoms. The average Bonchev–Trinajstić information content (AvgIpc) is 3.22. The van der Waals surface area contributed by atoms with Gasteiger partial charge in [-0.1, -0.05) is 68.4 Å². The fraction of sp³-hybridized carbons (Fsp3) is 0.500. The van der Waals surface area contributed by atoms with Crippen molar-refractivity contribution >= 4 is 5.91 Å². The number of likely N-dealkylation sites (N-methyl/N-ethyl adjacent to an activating group) is 1. The number of carbonyl (C=O) groups is 1. The van der Waals surface area contributed by atoms with Crippen molar-refractivity contribution in [3.63, 3.8) is 0 Å². The van der Waals surface area contributed by atoms with Gasteiger partial charge in [-0.15, -0.1) is 0 Å². The summed E-state index contributed by atoms with van der Waals surface area (Å²) < 4.78 is 0. The number of likely N-dealkylation sites (tertiary alicyclic amines) is 1. The highest BCUT2D eigenvalue weighted by atomic mass is 16.2. The van der Waals surface area contributed by atoms with Crippen LogP contribution in [0, 0.1) is 5.92 Å². The van der Waals surface area contributed by atoms with E-state index in [9.17, 15) is 4.79 Å². The maximum atomic E-state index is 13.1. The van der Waals surface area contributed by atoms with Crippen LogP contribution in [-0.2, 0) is 17.6 Å². The van der Waals surface area contributed by atoms with E-state index < -0.39 is 0 Å². The molecular formula is C26H36N2O. The smallest absolute Gasteiger partial charge is 0.227 e. The Morgan fingerprint density at radius 2 is 1.69 bits per heavy atom. The third kappa shape index (κ3) is 5.48. The van der Waals surface area contributed by atoms with E-state index in [1.54, 1.807) is 0 Å². The van der Waals surface area contributed by atoms with Gasteiger partial charge in [0.05, 0.1) is 12.6 Å². The highest BCUT2D eigenvalue weighted by Gasteiger charge is 2.32. The van der Waals surface area contributed by atoms with Gasteiger partial charge in [-0.25, -0.2) is 0 Å². The Morgan fingerprint density at radius 3 is 2.38 bits per heavy atom. The first-order chi connectivity index (χ1) is 14.0. The lowest BCUT2D eigenvalue weighted by molar-refractivity contribution is -0.134. The number of nitrogens with zero attached hydrogens (tertiary/aromatic N) is 2. The third-order valence-electron chi connectivity index (χ3n) is 6.36. The largest absolute Gasteiger partial charge is 0.330 e. The van der Waals surface area contributed by atoms with Gasteiger partial charge in [0.1, 0.15) is 0 Å². The second kappa shape index (κ2) is 10.1. The summed E-state index contributed by atoms with van der Waals surface area (Å²) in [7, 11) is 1.96. The molecule has 0 aromatic heterocycles. The third-order valence-corrected chi connectivity index (χ3v) is 6.36. The zero-order valence-electron chi connectivity index (χ0n) is 18.5. The van der Waals surface area contributed by atoms with Crippen molar-refractivity contribution in [3.8, 4) is 0 Å². The fourth-order valence-electron chi connectivity index (χ4n) is 4.41. The monoisotopic (exact) mass is 392 g/mol. The summed E-state index contributed by atoms with van der Waals surface area (Å²) in [6.07, 6.45) is 5.13. The standard InChI is InChI=1S/C26H36N2O/c1-20(2)16-17-22-11-8-9-14-24(22)19-26(29)27(4)21(3)28-18-10-15-25(28)23-12-6-5-7-13-23/h5-9,11-14,20-21,25H,10,15-19H2,1-4H3/t21-,25+/m1/s1. The molecule has 2 atom stereocenters. The normalized spacial score (nSPS) is 18.2. The molecule has 1 amide bonds. The molecule has 2 aromatic carbocycles. The van der Waals surface area contributed by atoms with E-state index in [0.29, 0.717) is 18.4 Å². The number of hydrogen-bond donors (Lipinski definition) is 0. The first-order valence-corrected chi connectivity index (χ1v) is 11.1. The van der Waals surface area contributed by atoms with E-state index in [4.69, 9.17) is 0 Å². The zero-order valence-corrected chi connectivity index (χ0v) is 18.5. The van der Waals surface area contributed by atoms with E-state index in [0.717, 1.165) is 25.8 Å². The van der Waals surface area contributed by atoms with E-state index in [2.05, 4.69) is 80.3 Å². The van der Waals surface area contributed by atoms with Crippen LogP contribution < -0.4 is 0 Å². The van der Waals surface area contributed by atoms with Crippen LogP contribution in [0.4, 0.5) is 0 Å². The van der Waals surface area contributed by atoms with Crippen LogP contribution in [0.2, 0.25) is 0 Å². The summed E-state index contributed by atoms with van der Waals surface area (Å²) >= 11 is 0. The van der Waals surface area contributed by atoms with Crippen LogP contribution in [0.25, 0.3) is 0 Å². The predicted octanol–water partition coefficient (Wildman–Crippen LogP) is 5.46. The maximum absolute atomic E-state index is 13.1. The molecule has 1 aliphatic heterocycles. The Balaban J connectivity index is 1.67. The highest BCUT2D eigenvalue weighted by molar-refractivity contribution is 5.79. The lowest BCUT2D eigenvalue weighted by Gasteiger charge is -2.37. The lowest BCUT2D eigenvalue weighted by Crippen LogP contribution is -2.47. The topological polar surface area (TPSA) is 23.6 Å². The molecule has 1 heterocycles. The molecule has 0 unspecified atom stereocenters. The van der Waals surface area contributed by atoms with Crippen LogP contribution >= 0.6 is 0 Å². The van der Waals surface area contributed by atoms with Crippen LogP contribution in [0.5, 0.6) is 0 Å². The summed E-state index contributed by atoms with van der Waals surface area (Å²) in [6.45, 7) is 7.72. The van der Waals surface area contributed by atoms with Gasteiger partial charge < -0.3 is 4.90 Å². The molecule has 0 aliphatic carbocycles. The van der Waals surface area contributed by atoms with Crippen molar-refractivity contribution in [1.82, 2.24) is 9.80 Å². The van der Waals surface area contributed by atoms with Crippen molar-refractivity contribution in [2.75, 3.05) is 13.6 Å². The van der Waals surface area contributed by atoms with Gasteiger partial charge >= 0.3 is 0 Å². The summed E-state index contributed by atoms with van der Waals surface area (Å²) in [5, 5.41) is 0. The van der Waals surface area contributed by atoms with Gasteiger partial charge in [-0.3, -0.25) is 9.69 Å². The number of rotatable bonds is 8. The number of hydrogen-bond acceptors (Lipinski definition) is 2. The van der Waals surface area contributed by atoms with Crippen molar-refractivity contribution in [2.24, 2.45) is 5.92 Å². The first kappa shape index (κ1) is 21.6. The molecule has 0 N–H and O–H groups in total. The van der Waals surface area contributed by atoms with Gasteiger partial charge in [0.25, 0.3) is 0 Å².